The number of halogens is 3. The summed E-state index contributed by atoms with van der Waals surface area (Å²) in [7, 11) is -2.07. The molecule has 1 aliphatic heterocycles. The molecule has 0 saturated heterocycles. The summed E-state index contributed by atoms with van der Waals surface area (Å²) in [6.45, 7) is 1.28. The van der Waals surface area contributed by atoms with Gasteiger partial charge in [0.05, 0.1) is 10.5 Å². The van der Waals surface area contributed by atoms with Crippen LogP contribution in [0.4, 0.5) is 18.3 Å². The average molecular weight is 519 g/mol. The summed E-state index contributed by atoms with van der Waals surface area (Å²) in [5.74, 6) is 0. The van der Waals surface area contributed by atoms with Gasteiger partial charge in [-0.15, -0.1) is 11.3 Å². The van der Waals surface area contributed by atoms with Crippen molar-refractivity contribution in [3.63, 3.8) is 0 Å². The van der Waals surface area contributed by atoms with E-state index in [1.807, 2.05) is 12.3 Å². The highest BCUT2D eigenvalue weighted by atomic mass is 32.2. The molecule has 5 rings (SSSR count). The molecule has 35 heavy (non-hydrogen) atoms. The summed E-state index contributed by atoms with van der Waals surface area (Å²) in [5.41, 5.74) is 2.75. The molecule has 0 fully saturated rings. The monoisotopic (exact) mass is 518 g/mol. The Hall–Kier alpha value is -3.15. The summed E-state index contributed by atoms with van der Waals surface area (Å²) >= 11 is 1.17. The maximum atomic E-state index is 13.5. The summed E-state index contributed by atoms with van der Waals surface area (Å²) in [6, 6.07) is 8.56. The Balaban J connectivity index is 1.63. The van der Waals surface area contributed by atoms with E-state index in [9.17, 15) is 21.6 Å². The molecule has 0 saturated carbocycles. The zero-order chi connectivity index (χ0) is 24.8. The quantitative estimate of drug-likeness (QED) is 0.366. The van der Waals surface area contributed by atoms with Gasteiger partial charge in [-0.25, -0.2) is 13.4 Å². The number of aromatic nitrogens is 2. The van der Waals surface area contributed by atoms with E-state index in [0.717, 1.165) is 22.6 Å². The van der Waals surface area contributed by atoms with Crippen molar-refractivity contribution in [2.24, 2.45) is 7.05 Å². The van der Waals surface area contributed by atoms with Crippen molar-refractivity contribution in [2.45, 2.75) is 17.5 Å². The van der Waals surface area contributed by atoms with Crippen molar-refractivity contribution in [3.8, 4) is 11.1 Å². The third-order valence-corrected chi connectivity index (χ3v) is 8.13. The van der Waals surface area contributed by atoms with Crippen LogP contribution in [0.3, 0.4) is 0 Å². The molecule has 0 spiro atoms. The fourth-order valence-corrected chi connectivity index (χ4v) is 6.09. The summed E-state index contributed by atoms with van der Waals surface area (Å²) in [4.78, 5) is 4.03. The number of fused-ring (bicyclic) bond motifs is 1. The van der Waals surface area contributed by atoms with E-state index in [1.54, 1.807) is 29.1 Å². The van der Waals surface area contributed by atoms with Crippen LogP contribution in [0.1, 0.15) is 17.5 Å². The van der Waals surface area contributed by atoms with Crippen molar-refractivity contribution >= 4 is 43.0 Å². The Labute approximate surface area is 204 Å². The van der Waals surface area contributed by atoms with E-state index in [2.05, 4.69) is 15.0 Å². The van der Waals surface area contributed by atoms with Crippen LogP contribution in [0.2, 0.25) is 0 Å². The van der Waals surface area contributed by atoms with Crippen molar-refractivity contribution < 1.29 is 21.6 Å². The Morgan fingerprint density at radius 1 is 1.11 bits per heavy atom. The lowest BCUT2D eigenvalue weighted by Crippen LogP contribution is -2.20. The van der Waals surface area contributed by atoms with E-state index in [-0.39, 0.29) is 10.0 Å². The second-order valence-corrected chi connectivity index (χ2v) is 10.8. The minimum absolute atomic E-state index is 0.0710. The van der Waals surface area contributed by atoms with Crippen LogP contribution in [0, 0.1) is 0 Å². The predicted molar refractivity (Wildman–Crippen MR) is 132 cm³/mol. The number of benzene rings is 2. The molecule has 0 atom stereocenters. The lowest BCUT2D eigenvalue weighted by molar-refractivity contribution is -0.137. The van der Waals surface area contributed by atoms with Crippen molar-refractivity contribution in [2.75, 3.05) is 17.8 Å². The number of anilines is 1. The normalized spacial score (nSPS) is 14.8. The zero-order valence-electron chi connectivity index (χ0n) is 18.6. The number of sulfonamides is 1. The van der Waals surface area contributed by atoms with Gasteiger partial charge in [0.15, 0.2) is 5.13 Å². The molecule has 2 aromatic carbocycles. The zero-order valence-corrected chi connectivity index (χ0v) is 20.2. The Morgan fingerprint density at radius 2 is 1.94 bits per heavy atom. The number of hydrogen-bond donors (Lipinski definition) is 2. The van der Waals surface area contributed by atoms with Crippen LogP contribution in [0.5, 0.6) is 0 Å². The number of thiazole rings is 1. The van der Waals surface area contributed by atoms with Crippen molar-refractivity contribution in [1.29, 1.82) is 0 Å². The molecule has 6 nitrogen and oxygen atoms in total. The minimum Gasteiger partial charge on any atom is -0.350 e. The average Bonchev–Trinajstić information content (AvgIpc) is 3.45. The smallest absolute Gasteiger partial charge is 0.350 e. The second kappa shape index (κ2) is 8.81. The highest BCUT2D eigenvalue weighted by Gasteiger charge is 2.32. The van der Waals surface area contributed by atoms with Crippen LogP contribution < -0.4 is 10.0 Å². The standard InChI is InChI=1S/C24H21F3N4O2S2/c1-31-14-21(18-4-2-16(24(25,26)27)12-20(18)15-6-8-28-9-7-15)19-5-3-17(13-22(19)31)35(32,33)30-23-29-10-11-34-23/h2-6,10-14,28H,7-9H2,1H3,(H,29,30). The second-order valence-electron chi connectivity index (χ2n) is 8.22. The van der Waals surface area contributed by atoms with Crippen molar-refractivity contribution in [3.05, 3.63) is 71.4 Å². The number of rotatable bonds is 5. The fraction of sp³-hybridized carbons (Fsp3) is 0.208. The minimum atomic E-state index is -4.45. The largest absolute Gasteiger partial charge is 0.416 e. The summed E-state index contributed by atoms with van der Waals surface area (Å²) < 4.78 is 70.5. The van der Waals surface area contributed by atoms with Crippen LogP contribution in [0.25, 0.3) is 27.6 Å². The molecule has 11 heteroatoms. The molecular weight excluding hydrogens is 497 g/mol. The van der Waals surface area contributed by atoms with Gasteiger partial charge in [0.2, 0.25) is 0 Å². The number of nitrogens with one attached hydrogen (secondary N) is 2. The van der Waals surface area contributed by atoms with Gasteiger partial charge in [-0.1, -0.05) is 18.2 Å². The first-order valence-corrected chi connectivity index (χ1v) is 13.1. The topological polar surface area (TPSA) is 76.0 Å². The van der Waals surface area contributed by atoms with Gasteiger partial charge in [-0.3, -0.25) is 4.72 Å². The first-order valence-electron chi connectivity index (χ1n) is 10.8. The molecule has 0 bridgehead atoms. The van der Waals surface area contributed by atoms with Gasteiger partial charge in [-0.2, -0.15) is 13.2 Å². The molecule has 4 aromatic rings. The van der Waals surface area contributed by atoms with Gasteiger partial charge >= 0.3 is 6.18 Å². The first-order chi connectivity index (χ1) is 16.6. The Kier molecular flexibility index (Phi) is 5.94. The van der Waals surface area contributed by atoms with Crippen LogP contribution in [-0.4, -0.2) is 31.1 Å². The SMILES string of the molecule is Cn1cc(-c2ccc(C(F)(F)F)cc2C2=CCNCC2)c2ccc(S(=O)(=O)Nc3nccs3)cc21. The third kappa shape index (κ3) is 4.58. The first kappa shape index (κ1) is 23.6. The molecule has 182 valence electrons. The third-order valence-electron chi connectivity index (χ3n) is 5.97. The lowest BCUT2D eigenvalue weighted by Gasteiger charge is -2.19. The number of nitrogens with zero attached hydrogens (tertiary/aromatic N) is 2. The fourth-order valence-electron chi connectivity index (χ4n) is 4.28. The summed E-state index contributed by atoms with van der Waals surface area (Å²) in [6.07, 6.45) is 1.41. The predicted octanol–water partition coefficient (Wildman–Crippen LogP) is 5.50. The Bertz CT molecular complexity index is 1540. The molecule has 0 aliphatic carbocycles. The molecular formula is C24H21F3N4O2S2. The number of hydrogen-bond acceptors (Lipinski definition) is 5. The molecule has 3 heterocycles. The highest BCUT2D eigenvalue weighted by Crippen LogP contribution is 2.40. The van der Waals surface area contributed by atoms with Crippen LogP contribution >= 0.6 is 11.3 Å². The van der Waals surface area contributed by atoms with E-state index >= 15 is 0 Å². The van der Waals surface area contributed by atoms with Gasteiger partial charge in [-0.05, 0) is 53.9 Å². The maximum Gasteiger partial charge on any atom is 0.416 e. The van der Waals surface area contributed by atoms with E-state index < -0.39 is 21.8 Å². The number of aryl methyl sites for hydroxylation is 1. The van der Waals surface area contributed by atoms with Gasteiger partial charge < -0.3 is 9.88 Å². The molecule has 2 aromatic heterocycles. The van der Waals surface area contributed by atoms with Crippen LogP contribution in [0.15, 0.2) is 65.1 Å². The van der Waals surface area contributed by atoms with E-state index in [1.165, 1.54) is 35.7 Å². The summed E-state index contributed by atoms with van der Waals surface area (Å²) in [5, 5.41) is 5.87. The Morgan fingerprint density at radius 3 is 2.63 bits per heavy atom. The van der Waals surface area contributed by atoms with Gasteiger partial charge in [0.25, 0.3) is 10.0 Å². The van der Waals surface area contributed by atoms with Gasteiger partial charge in [0.1, 0.15) is 0 Å². The van der Waals surface area contributed by atoms with Crippen LogP contribution in [-0.2, 0) is 23.2 Å². The molecule has 0 radical (unpaired) electrons. The lowest BCUT2D eigenvalue weighted by atomic mass is 9.90. The highest BCUT2D eigenvalue weighted by molar-refractivity contribution is 7.93. The molecule has 1 aliphatic rings. The maximum absolute atomic E-state index is 13.5. The molecule has 0 amide bonds. The number of alkyl halides is 3. The van der Waals surface area contributed by atoms with E-state index in [4.69, 9.17) is 0 Å². The van der Waals surface area contributed by atoms with Crippen molar-refractivity contribution in [1.82, 2.24) is 14.9 Å². The molecule has 2 N–H and O–H groups in total. The molecule has 0 unspecified atom stereocenters. The van der Waals surface area contributed by atoms with Gasteiger partial charge in [0, 0.05) is 47.8 Å². The van der Waals surface area contributed by atoms with E-state index in [0.29, 0.717) is 36.2 Å².